The van der Waals surface area contributed by atoms with Crippen LogP contribution in [0.5, 0.6) is 0 Å². The topological polar surface area (TPSA) is 98.2 Å². The normalized spacial score (nSPS) is 15.6. The Morgan fingerprint density at radius 3 is 2.35 bits per heavy atom. The molecule has 7 heteroatoms. The van der Waals surface area contributed by atoms with Gasteiger partial charge in [-0.15, -0.1) is 0 Å². The van der Waals surface area contributed by atoms with Gasteiger partial charge >= 0.3 is 0 Å². The first-order valence-electron chi connectivity index (χ1n) is 14.0. The van der Waals surface area contributed by atoms with Crippen LogP contribution in [0.2, 0.25) is 0 Å². The van der Waals surface area contributed by atoms with E-state index in [9.17, 15) is 0 Å². The van der Waals surface area contributed by atoms with Crippen molar-refractivity contribution in [3.8, 4) is 0 Å². The standard InChI is InChI=1S/C24H37N5.C6H14O2/c1-5-6-8-18(2)26-23-19(3)21-11-10-20(17-22(21)27-24(23)25)9-7-12-29-15-13-28(4)14-16-29;1-3-6(2,4-7)5-8/h10-11,17H,5-9,12-16H2,1-4H3,(H2,25,27);7-8H,3-5H2,1-2H3. The van der Waals surface area contributed by atoms with Crippen molar-refractivity contribution >= 4 is 28.1 Å². The maximum Gasteiger partial charge on any atom is 0.150 e. The highest BCUT2D eigenvalue weighted by molar-refractivity contribution is 5.93. The number of hydrogen-bond acceptors (Lipinski definition) is 7. The molecular formula is C30H51N5O2. The Kier molecular flexibility index (Phi) is 12.9. The van der Waals surface area contributed by atoms with Crippen LogP contribution in [0, 0.1) is 12.3 Å². The summed E-state index contributed by atoms with van der Waals surface area (Å²) in [5.74, 6) is 0.542. The Labute approximate surface area is 224 Å². The summed E-state index contributed by atoms with van der Waals surface area (Å²) in [5, 5.41) is 18.4. The second-order valence-corrected chi connectivity index (χ2v) is 11.0. The molecular weight excluding hydrogens is 462 g/mol. The van der Waals surface area contributed by atoms with Crippen LogP contribution in [0.15, 0.2) is 23.2 Å². The summed E-state index contributed by atoms with van der Waals surface area (Å²) in [6.45, 7) is 16.3. The summed E-state index contributed by atoms with van der Waals surface area (Å²) in [5.41, 5.74) is 11.5. The average molecular weight is 514 g/mol. The molecule has 0 radical (unpaired) electrons. The van der Waals surface area contributed by atoms with Crippen molar-refractivity contribution in [1.29, 1.82) is 0 Å². The number of anilines is 1. The third-order valence-electron chi connectivity index (χ3n) is 7.65. The van der Waals surface area contributed by atoms with Crippen molar-refractivity contribution in [1.82, 2.24) is 14.8 Å². The molecule has 1 fully saturated rings. The number of nitrogen functional groups attached to an aromatic ring is 1. The Morgan fingerprint density at radius 1 is 1.11 bits per heavy atom. The molecule has 7 nitrogen and oxygen atoms in total. The number of aromatic nitrogens is 1. The number of hydrogen-bond donors (Lipinski definition) is 3. The van der Waals surface area contributed by atoms with Gasteiger partial charge in [0, 0.05) is 42.7 Å². The first kappa shape index (κ1) is 31.2. The van der Waals surface area contributed by atoms with Crippen LogP contribution in [0.25, 0.3) is 10.9 Å². The van der Waals surface area contributed by atoms with Gasteiger partial charge in [-0.25, -0.2) is 4.98 Å². The Morgan fingerprint density at radius 2 is 1.78 bits per heavy atom. The second kappa shape index (κ2) is 15.4. The molecule has 0 saturated carbocycles. The molecule has 1 aromatic carbocycles. The van der Waals surface area contributed by atoms with E-state index in [2.05, 4.69) is 55.8 Å². The molecule has 1 aliphatic rings. The minimum absolute atomic E-state index is 0.0694. The van der Waals surface area contributed by atoms with Crippen LogP contribution in [-0.4, -0.2) is 83.7 Å². The van der Waals surface area contributed by atoms with E-state index in [0.29, 0.717) is 5.82 Å². The van der Waals surface area contributed by atoms with Crippen molar-refractivity contribution in [3.05, 3.63) is 29.3 Å². The summed E-state index contributed by atoms with van der Waals surface area (Å²) in [7, 11) is 2.20. The lowest BCUT2D eigenvalue weighted by atomic mass is 9.90. The number of aryl methyl sites for hydroxylation is 2. The number of unbranched alkanes of at least 4 members (excludes halogenated alkanes) is 1. The van der Waals surface area contributed by atoms with Gasteiger partial charge in [0.25, 0.3) is 0 Å². The number of aliphatic hydroxyl groups excluding tert-OH is 2. The lowest BCUT2D eigenvalue weighted by Gasteiger charge is -2.32. The zero-order valence-electron chi connectivity index (χ0n) is 24.2. The minimum Gasteiger partial charge on any atom is -0.396 e. The molecule has 0 amide bonds. The number of rotatable bonds is 11. The summed E-state index contributed by atoms with van der Waals surface area (Å²) < 4.78 is 0. The van der Waals surface area contributed by atoms with Gasteiger partial charge in [0.15, 0.2) is 0 Å². The third-order valence-corrected chi connectivity index (χ3v) is 7.65. The third kappa shape index (κ3) is 9.64. The van der Waals surface area contributed by atoms with E-state index in [1.807, 2.05) is 13.8 Å². The number of nitrogens with zero attached hydrogens (tertiary/aromatic N) is 4. The number of likely N-dealkylation sites (N-methyl/N-ethyl adjacent to an activating group) is 1. The SMILES string of the molecule is CCC(C)(CO)CO.CCCCC(C)=Nc1c(N)nc2cc(CCCN3CCN(C)CC3)ccc2c1C. The molecule has 2 aromatic rings. The lowest BCUT2D eigenvalue weighted by Crippen LogP contribution is -2.44. The van der Waals surface area contributed by atoms with Gasteiger partial charge in [0.05, 0.1) is 18.7 Å². The molecule has 1 saturated heterocycles. The van der Waals surface area contributed by atoms with Gasteiger partial charge in [-0.1, -0.05) is 39.3 Å². The molecule has 0 bridgehead atoms. The minimum atomic E-state index is -0.264. The second-order valence-electron chi connectivity index (χ2n) is 11.0. The molecule has 0 unspecified atom stereocenters. The van der Waals surface area contributed by atoms with Crippen molar-refractivity contribution in [2.24, 2.45) is 10.4 Å². The summed E-state index contributed by atoms with van der Waals surface area (Å²) >= 11 is 0. The smallest absolute Gasteiger partial charge is 0.150 e. The molecule has 3 rings (SSSR count). The maximum absolute atomic E-state index is 8.63. The lowest BCUT2D eigenvalue weighted by molar-refractivity contribution is 0.0670. The van der Waals surface area contributed by atoms with Crippen LogP contribution >= 0.6 is 0 Å². The summed E-state index contributed by atoms with van der Waals surface area (Å²) in [4.78, 5) is 14.5. The van der Waals surface area contributed by atoms with E-state index in [1.54, 1.807) is 0 Å². The van der Waals surface area contributed by atoms with E-state index >= 15 is 0 Å². The highest BCUT2D eigenvalue weighted by Gasteiger charge is 2.18. The van der Waals surface area contributed by atoms with Gasteiger partial charge in [0.2, 0.25) is 0 Å². The molecule has 37 heavy (non-hydrogen) atoms. The number of piperazine rings is 1. The number of benzene rings is 1. The zero-order valence-corrected chi connectivity index (χ0v) is 24.2. The predicted molar refractivity (Wildman–Crippen MR) is 158 cm³/mol. The van der Waals surface area contributed by atoms with Crippen molar-refractivity contribution in [2.45, 2.75) is 73.1 Å². The molecule has 0 aliphatic carbocycles. The van der Waals surface area contributed by atoms with E-state index in [-0.39, 0.29) is 18.6 Å². The molecule has 2 heterocycles. The average Bonchev–Trinajstić information content (AvgIpc) is 2.90. The highest BCUT2D eigenvalue weighted by atomic mass is 16.3. The number of aliphatic hydroxyl groups is 2. The number of pyridine rings is 1. The fraction of sp³-hybridized carbons (Fsp3) is 0.667. The number of nitrogens with two attached hydrogens (primary N) is 1. The Hall–Kier alpha value is -2.06. The van der Waals surface area contributed by atoms with Crippen molar-refractivity contribution < 1.29 is 10.2 Å². The van der Waals surface area contributed by atoms with Gasteiger partial charge < -0.3 is 25.7 Å². The van der Waals surface area contributed by atoms with Crippen LogP contribution in [0.3, 0.4) is 0 Å². The first-order valence-corrected chi connectivity index (χ1v) is 14.0. The zero-order chi connectivity index (χ0) is 27.4. The van der Waals surface area contributed by atoms with E-state index in [0.717, 1.165) is 53.5 Å². The molecule has 0 atom stereocenters. The van der Waals surface area contributed by atoms with Crippen molar-refractivity contribution in [3.63, 3.8) is 0 Å². The fourth-order valence-electron chi connectivity index (χ4n) is 4.32. The fourth-order valence-corrected chi connectivity index (χ4v) is 4.32. The largest absolute Gasteiger partial charge is 0.396 e. The van der Waals surface area contributed by atoms with Crippen LogP contribution < -0.4 is 5.73 Å². The number of aliphatic imine (C=N–C) groups is 1. The predicted octanol–water partition coefficient (Wildman–Crippen LogP) is 4.98. The molecule has 1 aliphatic heterocycles. The Balaban J connectivity index is 0.000000521. The quantitative estimate of drug-likeness (QED) is 0.367. The van der Waals surface area contributed by atoms with Crippen molar-refractivity contribution in [2.75, 3.05) is 58.7 Å². The molecule has 1 aromatic heterocycles. The first-order chi connectivity index (χ1) is 17.7. The van der Waals surface area contributed by atoms with Gasteiger partial charge in [-0.05, 0) is 76.7 Å². The maximum atomic E-state index is 8.63. The summed E-state index contributed by atoms with van der Waals surface area (Å²) in [6.07, 6.45) is 6.43. The van der Waals surface area contributed by atoms with Crippen LogP contribution in [0.4, 0.5) is 11.5 Å². The van der Waals surface area contributed by atoms with Gasteiger partial charge in [-0.3, -0.25) is 4.99 Å². The van der Waals surface area contributed by atoms with Crippen LogP contribution in [-0.2, 0) is 6.42 Å². The van der Waals surface area contributed by atoms with Crippen LogP contribution in [0.1, 0.15) is 70.9 Å². The van der Waals surface area contributed by atoms with Gasteiger partial charge in [-0.2, -0.15) is 0 Å². The van der Waals surface area contributed by atoms with E-state index in [4.69, 9.17) is 25.9 Å². The molecule has 0 spiro atoms. The molecule has 208 valence electrons. The van der Waals surface area contributed by atoms with Gasteiger partial charge in [0.1, 0.15) is 11.5 Å². The monoisotopic (exact) mass is 513 g/mol. The highest BCUT2D eigenvalue weighted by Crippen LogP contribution is 2.32. The van der Waals surface area contributed by atoms with E-state index < -0.39 is 0 Å². The summed E-state index contributed by atoms with van der Waals surface area (Å²) in [6, 6.07) is 6.65. The number of fused-ring (bicyclic) bond motifs is 1. The Bertz CT molecular complexity index is 987. The molecule has 4 N–H and O–H groups in total. The van der Waals surface area contributed by atoms with E-state index in [1.165, 1.54) is 51.1 Å².